The standard InChI is InChI=1S/C12H17N3O2.C2H6/c1-3-10-11-12(14-8(2)13-10)15-4-5-16-7-9(6-15)17-11;1-2/h9H,3-7H2,1-2H3;1-2H3. The number of nitrogens with zero attached hydrogens (tertiary/aromatic N) is 3. The van der Waals surface area contributed by atoms with Gasteiger partial charge < -0.3 is 14.4 Å². The van der Waals surface area contributed by atoms with Crippen molar-refractivity contribution >= 4 is 5.82 Å². The molecule has 3 heterocycles. The van der Waals surface area contributed by atoms with E-state index in [-0.39, 0.29) is 6.10 Å². The maximum atomic E-state index is 5.97. The zero-order valence-electron chi connectivity index (χ0n) is 12.3. The minimum absolute atomic E-state index is 0.113. The van der Waals surface area contributed by atoms with Crippen LogP contribution in [0.4, 0.5) is 5.82 Å². The highest BCUT2D eigenvalue weighted by Gasteiger charge is 2.31. The summed E-state index contributed by atoms with van der Waals surface area (Å²) in [7, 11) is 0. The molecular weight excluding hydrogens is 242 g/mol. The van der Waals surface area contributed by atoms with Gasteiger partial charge in [-0.3, -0.25) is 0 Å². The molecule has 1 aromatic heterocycles. The number of fused-ring (bicyclic) bond motifs is 4. The lowest BCUT2D eigenvalue weighted by atomic mass is 10.2. The van der Waals surface area contributed by atoms with Crippen LogP contribution in [0.5, 0.6) is 5.75 Å². The number of ether oxygens (including phenoxy) is 2. The molecule has 0 N–H and O–H groups in total. The Labute approximate surface area is 115 Å². The van der Waals surface area contributed by atoms with Crippen LogP contribution in [0.25, 0.3) is 0 Å². The molecule has 2 aliphatic rings. The van der Waals surface area contributed by atoms with E-state index >= 15 is 0 Å². The Kier molecular flexibility index (Phi) is 4.58. The molecule has 1 fully saturated rings. The van der Waals surface area contributed by atoms with Crippen molar-refractivity contribution in [3.05, 3.63) is 11.5 Å². The Morgan fingerprint density at radius 3 is 2.84 bits per heavy atom. The summed E-state index contributed by atoms with van der Waals surface area (Å²) in [5.74, 6) is 2.61. The highest BCUT2D eigenvalue weighted by molar-refractivity contribution is 5.57. The van der Waals surface area contributed by atoms with Crippen LogP contribution in [-0.4, -0.2) is 42.4 Å². The number of hydrogen-bond acceptors (Lipinski definition) is 5. The highest BCUT2D eigenvalue weighted by Crippen LogP contribution is 2.35. The van der Waals surface area contributed by atoms with Gasteiger partial charge in [-0.05, 0) is 13.3 Å². The molecule has 2 aliphatic heterocycles. The summed E-state index contributed by atoms with van der Waals surface area (Å²) in [6.07, 6.45) is 0.981. The Bertz CT molecular complexity index is 437. The minimum atomic E-state index is 0.113. The highest BCUT2D eigenvalue weighted by atomic mass is 16.5. The molecule has 0 aliphatic carbocycles. The van der Waals surface area contributed by atoms with Crippen molar-refractivity contribution in [2.24, 2.45) is 0 Å². The topological polar surface area (TPSA) is 47.5 Å². The number of anilines is 1. The van der Waals surface area contributed by atoms with E-state index in [1.54, 1.807) is 0 Å². The van der Waals surface area contributed by atoms with Crippen molar-refractivity contribution in [1.82, 2.24) is 9.97 Å². The molecule has 1 atom stereocenters. The van der Waals surface area contributed by atoms with E-state index in [2.05, 4.69) is 21.8 Å². The molecular formula is C14H23N3O2. The largest absolute Gasteiger partial charge is 0.480 e. The molecule has 0 radical (unpaired) electrons. The van der Waals surface area contributed by atoms with E-state index in [9.17, 15) is 0 Å². The average Bonchev–Trinajstić information content (AvgIpc) is 2.64. The van der Waals surface area contributed by atoms with E-state index in [1.165, 1.54) is 0 Å². The smallest absolute Gasteiger partial charge is 0.183 e. The normalized spacial score (nSPS) is 20.6. The first-order chi connectivity index (χ1) is 9.28. The minimum Gasteiger partial charge on any atom is -0.480 e. The number of hydrogen-bond donors (Lipinski definition) is 0. The molecule has 0 saturated carbocycles. The number of aromatic nitrogens is 2. The third-order valence-electron chi connectivity index (χ3n) is 3.18. The maximum absolute atomic E-state index is 5.97. The summed E-state index contributed by atoms with van der Waals surface area (Å²) in [5, 5.41) is 0. The molecule has 0 amide bonds. The van der Waals surface area contributed by atoms with Gasteiger partial charge in [-0.1, -0.05) is 20.8 Å². The van der Waals surface area contributed by atoms with Crippen LogP contribution in [0, 0.1) is 6.92 Å². The quantitative estimate of drug-likeness (QED) is 0.777. The monoisotopic (exact) mass is 265 g/mol. The summed E-state index contributed by atoms with van der Waals surface area (Å²) < 4.78 is 11.5. The van der Waals surface area contributed by atoms with Crippen LogP contribution < -0.4 is 9.64 Å². The summed E-state index contributed by atoms with van der Waals surface area (Å²) in [6.45, 7) is 11.2. The van der Waals surface area contributed by atoms with Gasteiger partial charge in [-0.25, -0.2) is 9.97 Å². The average molecular weight is 265 g/mol. The van der Waals surface area contributed by atoms with Crippen LogP contribution in [-0.2, 0) is 11.2 Å². The van der Waals surface area contributed by atoms with Crippen molar-refractivity contribution in [3.8, 4) is 5.75 Å². The molecule has 5 heteroatoms. The zero-order chi connectivity index (χ0) is 13.8. The van der Waals surface area contributed by atoms with E-state index < -0.39 is 0 Å². The maximum Gasteiger partial charge on any atom is 0.183 e. The predicted octanol–water partition coefficient (Wildman–Crippen LogP) is 1.97. The van der Waals surface area contributed by atoms with Gasteiger partial charge in [0.2, 0.25) is 0 Å². The molecule has 2 bridgehead atoms. The molecule has 5 nitrogen and oxygen atoms in total. The van der Waals surface area contributed by atoms with Gasteiger partial charge in [0.15, 0.2) is 11.6 Å². The van der Waals surface area contributed by atoms with Crippen LogP contribution in [0.2, 0.25) is 0 Å². The second-order valence-electron chi connectivity index (χ2n) is 4.48. The van der Waals surface area contributed by atoms with Gasteiger partial charge in [0.05, 0.1) is 25.5 Å². The Morgan fingerprint density at radius 1 is 1.32 bits per heavy atom. The van der Waals surface area contributed by atoms with Gasteiger partial charge in [0, 0.05) is 6.54 Å². The van der Waals surface area contributed by atoms with Gasteiger partial charge in [-0.15, -0.1) is 0 Å². The Hall–Kier alpha value is -1.36. The fourth-order valence-electron chi connectivity index (χ4n) is 2.39. The van der Waals surface area contributed by atoms with Crippen molar-refractivity contribution in [1.29, 1.82) is 0 Å². The van der Waals surface area contributed by atoms with E-state index in [1.807, 2.05) is 20.8 Å². The second-order valence-corrected chi connectivity index (χ2v) is 4.48. The zero-order valence-corrected chi connectivity index (χ0v) is 12.3. The number of aryl methyl sites for hydroxylation is 2. The van der Waals surface area contributed by atoms with Crippen LogP contribution in [0.15, 0.2) is 0 Å². The third-order valence-corrected chi connectivity index (χ3v) is 3.18. The van der Waals surface area contributed by atoms with Gasteiger partial charge in [-0.2, -0.15) is 0 Å². The van der Waals surface area contributed by atoms with Gasteiger partial charge in [0.1, 0.15) is 11.9 Å². The van der Waals surface area contributed by atoms with Crippen molar-refractivity contribution in [2.45, 2.75) is 40.2 Å². The van der Waals surface area contributed by atoms with Gasteiger partial charge >= 0.3 is 0 Å². The molecule has 0 spiro atoms. The lowest BCUT2D eigenvalue weighted by molar-refractivity contribution is 0.0710. The molecule has 0 aromatic carbocycles. The third kappa shape index (κ3) is 2.81. The summed E-state index contributed by atoms with van der Waals surface area (Å²) >= 11 is 0. The first kappa shape index (κ1) is 14.1. The molecule has 1 unspecified atom stereocenters. The molecule has 106 valence electrons. The summed E-state index contributed by atoms with van der Waals surface area (Å²) in [5.41, 5.74) is 1.00. The molecule has 3 rings (SSSR count). The molecule has 1 aromatic rings. The van der Waals surface area contributed by atoms with E-state index in [4.69, 9.17) is 9.47 Å². The first-order valence-corrected chi connectivity index (χ1v) is 7.14. The number of rotatable bonds is 1. The second kappa shape index (κ2) is 6.19. The van der Waals surface area contributed by atoms with Crippen LogP contribution in [0.3, 0.4) is 0 Å². The van der Waals surface area contributed by atoms with Crippen LogP contribution in [0.1, 0.15) is 32.3 Å². The molecule has 19 heavy (non-hydrogen) atoms. The van der Waals surface area contributed by atoms with Crippen LogP contribution >= 0.6 is 0 Å². The Morgan fingerprint density at radius 2 is 2.11 bits per heavy atom. The predicted molar refractivity (Wildman–Crippen MR) is 74.9 cm³/mol. The fourth-order valence-corrected chi connectivity index (χ4v) is 2.39. The van der Waals surface area contributed by atoms with Gasteiger partial charge in [0.25, 0.3) is 0 Å². The van der Waals surface area contributed by atoms with Crippen molar-refractivity contribution in [3.63, 3.8) is 0 Å². The molecule has 1 saturated heterocycles. The fraction of sp³-hybridized carbons (Fsp3) is 0.714. The lowest BCUT2D eigenvalue weighted by Crippen LogP contribution is -2.41. The van der Waals surface area contributed by atoms with Crippen molar-refractivity contribution in [2.75, 3.05) is 31.2 Å². The lowest BCUT2D eigenvalue weighted by Gasteiger charge is -2.33. The first-order valence-electron chi connectivity index (χ1n) is 7.14. The van der Waals surface area contributed by atoms with Crippen molar-refractivity contribution < 1.29 is 9.47 Å². The SMILES string of the molecule is CC.CCc1nc(C)nc2c1OC1COCCN2C1. The van der Waals surface area contributed by atoms with E-state index in [0.717, 1.165) is 49.2 Å². The summed E-state index contributed by atoms with van der Waals surface area (Å²) in [6, 6.07) is 0. The summed E-state index contributed by atoms with van der Waals surface area (Å²) in [4.78, 5) is 11.2. The van der Waals surface area contributed by atoms with E-state index in [0.29, 0.717) is 6.61 Å². The Balaban J connectivity index is 0.000000637.